The van der Waals surface area contributed by atoms with Crippen LogP contribution in [0.2, 0.25) is 5.02 Å². The smallest absolute Gasteiger partial charge is 0.273 e. The Morgan fingerprint density at radius 2 is 1.69 bits per heavy atom. The quantitative estimate of drug-likeness (QED) is 0.578. The monoisotopic (exact) mass is 411 g/mol. The van der Waals surface area contributed by atoms with Gasteiger partial charge in [-0.15, -0.1) is 0 Å². The molecule has 1 aromatic heterocycles. The summed E-state index contributed by atoms with van der Waals surface area (Å²) in [5, 5.41) is 13.5. The molecule has 0 fully saturated rings. The van der Waals surface area contributed by atoms with Crippen molar-refractivity contribution in [3.8, 4) is 16.9 Å². The fourth-order valence-corrected chi connectivity index (χ4v) is 2.98. The van der Waals surface area contributed by atoms with Crippen molar-refractivity contribution in [3.05, 3.63) is 76.3 Å². The molecule has 29 heavy (non-hydrogen) atoms. The van der Waals surface area contributed by atoms with E-state index in [1.54, 1.807) is 14.0 Å². The lowest BCUT2D eigenvalue weighted by Crippen LogP contribution is -2.28. The van der Waals surface area contributed by atoms with E-state index in [9.17, 15) is 9.90 Å². The van der Waals surface area contributed by atoms with Crippen molar-refractivity contribution in [1.82, 2.24) is 15.3 Å². The Bertz CT molecular complexity index is 989. The number of aromatic hydroxyl groups is 1. The standard InChI is InChI=1S/C22H22ClN3O3/c1-14-21(27)20(22(28)24-11-12-29-2)26-19(25-14)13-15-3-5-16(6-4-15)17-7-9-18(23)10-8-17/h3-10,27H,11-13H2,1-2H3,(H,24,28). The van der Waals surface area contributed by atoms with Crippen molar-refractivity contribution in [1.29, 1.82) is 0 Å². The molecule has 3 rings (SSSR count). The summed E-state index contributed by atoms with van der Waals surface area (Å²) in [7, 11) is 1.55. The summed E-state index contributed by atoms with van der Waals surface area (Å²) in [5.74, 6) is -0.192. The number of aryl methyl sites for hydroxylation is 1. The molecule has 6 nitrogen and oxygen atoms in total. The molecule has 7 heteroatoms. The van der Waals surface area contributed by atoms with E-state index < -0.39 is 5.91 Å². The second-order valence-corrected chi connectivity index (χ2v) is 6.99. The van der Waals surface area contributed by atoms with Crippen LogP contribution in [-0.4, -0.2) is 41.2 Å². The van der Waals surface area contributed by atoms with Gasteiger partial charge in [0.25, 0.3) is 5.91 Å². The molecular formula is C22H22ClN3O3. The van der Waals surface area contributed by atoms with Gasteiger partial charge in [0, 0.05) is 25.1 Å². The number of halogens is 1. The number of benzene rings is 2. The fraction of sp³-hybridized carbons (Fsp3) is 0.227. The predicted octanol–water partition coefficient (Wildman–Crippen LogP) is 3.78. The average molecular weight is 412 g/mol. The number of aromatic nitrogens is 2. The topological polar surface area (TPSA) is 84.3 Å². The highest BCUT2D eigenvalue weighted by atomic mass is 35.5. The number of carbonyl (C=O) groups is 1. The Hall–Kier alpha value is -2.96. The molecule has 0 aliphatic carbocycles. The molecule has 0 unspecified atom stereocenters. The van der Waals surface area contributed by atoms with Crippen LogP contribution in [0.25, 0.3) is 11.1 Å². The number of ether oxygens (including phenoxy) is 1. The predicted molar refractivity (Wildman–Crippen MR) is 112 cm³/mol. The van der Waals surface area contributed by atoms with Gasteiger partial charge in [-0.1, -0.05) is 48.0 Å². The minimum Gasteiger partial charge on any atom is -0.504 e. The molecule has 1 heterocycles. The minimum atomic E-state index is -0.454. The molecule has 0 aliphatic rings. The third kappa shape index (κ3) is 5.31. The molecule has 150 valence electrons. The lowest BCUT2D eigenvalue weighted by atomic mass is 10.0. The summed E-state index contributed by atoms with van der Waals surface area (Å²) in [5.41, 5.74) is 3.49. The van der Waals surface area contributed by atoms with E-state index in [4.69, 9.17) is 16.3 Å². The van der Waals surface area contributed by atoms with Gasteiger partial charge in [0.15, 0.2) is 11.4 Å². The number of nitrogens with one attached hydrogen (secondary N) is 1. The van der Waals surface area contributed by atoms with Crippen LogP contribution in [0.1, 0.15) is 27.6 Å². The first-order valence-corrected chi connectivity index (χ1v) is 9.54. The zero-order valence-corrected chi connectivity index (χ0v) is 17.0. The van der Waals surface area contributed by atoms with Gasteiger partial charge in [0.05, 0.1) is 12.3 Å². The molecule has 2 N–H and O–H groups in total. The molecule has 2 aromatic carbocycles. The van der Waals surface area contributed by atoms with E-state index >= 15 is 0 Å². The van der Waals surface area contributed by atoms with Crippen LogP contribution in [-0.2, 0) is 11.2 Å². The van der Waals surface area contributed by atoms with Gasteiger partial charge in [0.1, 0.15) is 5.82 Å². The normalized spacial score (nSPS) is 10.7. The number of rotatable bonds is 7. The molecule has 1 amide bonds. The highest BCUT2D eigenvalue weighted by Crippen LogP contribution is 2.23. The molecule has 0 radical (unpaired) electrons. The van der Waals surface area contributed by atoms with Crippen molar-refractivity contribution >= 4 is 17.5 Å². The van der Waals surface area contributed by atoms with E-state index in [0.717, 1.165) is 16.7 Å². The Kier molecular flexibility index (Phi) is 6.80. The average Bonchev–Trinajstić information content (AvgIpc) is 2.72. The van der Waals surface area contributed by atoms with E-state index in [1.807, 2.05) is 48.5 Å². The Balaban J connectivity index is 1.77. The molecule has 0 saturated carbocycles. The summed E-state index contributed by atoms with van der Waals surface area (Å²) in [4.78, 5) is 20.9. The van der Waals surface area contributed by atoms with Crippen LogP contribution in [0.5, 0.6) is 5.75 Å². The van der Waals surface area contributed by atoms with Gasteiger partial charge in [-0.25, -0.2) is 9.97 Å². The van der Waals surface area contributed by atoms with Gasteiger partial charge in [0.2, 0.25) is 0 Å². The van der Waals surface area contributed by atoms with E-state index in [0.29, 0.717) is 36.1 Å². The zero-order valence-electron chi connectivity index (χ0n) is 16.3. The number of carbonyl (C=O) groups excluding carboxylic acids is 1. The summed E-state index contributed by atoms with van der Waals surface area (Å²) < 4.78 is 4.92. The number of nitrogens with zero attached hydrogens (tertiary/aromatic N) is 2. The van der Waals surface area contributed by atoms with Crippen LogP contribution in [0, 0.1) is 6.92 Å². The second kappa shape index (κ2) is 9.49. The Morgan fingerprint density at radius 3 is 2.31 bits per heavy atom. The van der Waals surface area contributed by atoms with Crippen LogP contribution in [0.15, 0.2) is 48.5 Å². The van der Waals surface area contributed by atoms with Crippen LogP contribution < -0.4 is 5.32 Å². The van der Waals surface area contributed by atoms with Gasteiger partial charge in [-0.05, 0) is 35.7 Å². The first-order valence-electron chi connectivity index (χ1n) is 9.16. The largest absolute Gasteiger partial charge is 0.504 e. The van der Waals surface area contributed by atoms with E-state index in [1.165, 1.54) is 0 Å². The SMILES string of the molecule is COCCNC(=O)c1nc(Cc2ccc(-c3ccc(Cl)cc3)cc2)nc(C)c1O. The van der Waals surface area contributed by atoms with E-state index in [-0.39, 0.29) is 11.4 Å². The maximum atomic E-state index is 12.3. The van der Waals surface area contributed by atoms with Crippen LogP contribution in [0.3, 0.4) is 0 Å². The highest BCUT2D eigenvalue weighted by Gasteiger charge is 2.17. The van der Waals surface area contributed by atoms with Crippen molar-refractivity contribution in [3.63, 3.8) is 0 Å². The van der Waals surface area contributed by atoms with Gasteiger partial charge >= 0.3 is 0 Å². The number of hydrogen-bond acceptors (Lipinski definition) is 5. The molecule has 0 saturated heterocycles. The molecule has 3 aromatic rings. The van der Waals surface area contributed by atoms with Crippen LogP contribution >= 0.6 is 11.6 Å². The summed E-state index contributed by atoms with van der Waals surface area (Å²) in [6.07, 6.45) is 0.445. The van der Waals surface area contributed by atoms with Gasteiger partial charge in [-0.3, -0.25) is 4.79 Å². The van der Waals surface area contributed by atoms with Crippen molar-refractivity contribution < 1.29 is 14.6 Å². The second-order valence-electron chi connectivity index (χ2n) is 6.55. The fourth-order valence-electron chi connectivity index (χ4n) is 2.85. The third-order valence-corrected chi connectivity index (χ3v) is 4.66. The maximum absolute atomic E-state index is 12.3. The van der Waals surface area contributed by atoms with Crippen LogP contribution in [0.4, 0.5) is 0 Å². The summed E-state index contributed by atoms with van der Waals surface area (Å²) in [6, 6.07) is 15.7. The lowest BCUT2D eigenvalue weighted by Gasteiger charge is -2.10. The molecular weight excluding hydrogens is 390 g/mol. The Labute approximate surface area is 174 Å². The number of amides is 1. The highest BCUT2D eigenvalue weighted by molar-refractivity contribution is 6.30. The van der Waals surface area contributed by atoms with Gasteiger partial charge in [-0.2, -0.15) is 0 Å². The van der Waals surface area contributed by atoms with Crippen molar-refractivity contribution in [2.45, 2.75) is 13.3 Å². The van der Waals surface area contributed by atoms with E-state index in [2.05, 4.69) is 15.3 Å². The zero-order chi connectivity index (χ0) is 20.8. The molecule has 0 aliphatic heterocycles. The maximum Gasteiger partial charge on any atom is 0.273 e. The van der Waals surface area contributed by atoms with Gasteiger partial charge < -0.3 is 15.2 Å². The third-order valence-electron chi connectivity index (χ3n) is 4.41. The lowest BCUT2D eigenvalue weighted by molar-refractivity contribution is 0.0928. The molecule has 0 atom stereocenters. The summed E-state index contributed by atoms with van der Waals surface area (Å²) in [6.45, 7) is 2.36. The number of hydrogen-bond donors (Lipinski definition) is 2. The summed E-state index contributed by atoms with van der Waals surface area (Å²) >= 11 is 5.94. The van der Waals surface area contributed by atoms with Crippen molar-refractivity contribution in [2.75, 3.05) is 20.3 Å². The van der Waals surface area contributed by atoms with Crippen molar-refractivity contribution in [2.24, 2.45) is 0 Å². The Morgan fingerprint density at radius 1 is 1.07 bits per heavy atom. The molecule has 0 spiro atoms. The first-order chi connectivity index (χ1) is 14.0. The first kappa shape index (κ1) is 20.8. The number of methoxy groups -OCH3 is 1. The molecule has 0 bridgehead atoms. The minimum absolute atomic E-state index is 0.0265.